The first kappa shape index (κ1) is 19.3. The van der Waals surface area contributed by atoms with E-state index in [4.69, 9.17) is 39.1 Å². The zero-order chi connectivity index (χ0) is 17.2. The molecule has 0 fully saturated rings. The third-order valence-corrected chi connectivity index (χ3v) is 3.34. The summed E-state index contributed by atoms with van der Waals surface area (Å²) in [5.74, 6) is -0.889. The second-order valence-electron chi connectivity index (χ2n) is 4.46. The summed E-state index contributed by atoms with van der Waals surface area (Å²) >= 11 is 12.1. The van der Waals surface area contributed by atoms with E-state index in [0.717, 1.165) is 0 Å². The lowest BCUT2D eigenvalue weighted by Crippen LogP contribution is -2.04. The van der Waals surface area contributed by atoms with Gasteiger partial charge >= 0.3 is 5.97 Å². The molecule has 2 aromatic rings. The largest absolute Gasteiger partial charge is 0.481 e. The Morgan fingerprint density at radius 2 is 1.65 bits per heavy atom. The maximum Gasteiger partial charge on any atom is 0.307 e. The molecular formula is C16H18Cl2N2O3. The van der Waals surface area contributed by atoms with Gasteiger partial charge in [0.15, 0.2) is 0 Å². The average Bonchev–Trinajstić information content (AvgIpc) is 2.52. The van der Waals surface area contributed by atoms with Gasteiger partial charge in [-0.15, -0.1) is 0 Å². The molecule has 2 rings (SSSR count). The molecule has 0 aliphatic rings. The predicted octanol–water partition coefficient (Wildman–Crippen LogP) is 3.30. The standard InChI is InChI=1S/C14H11Cl2NO2.C2H7NO/c15-10-5-3-6-11(16)14(10)17-12-7-2-1-4-9(12)8-13(18)19;3-1-2-4/h1-7,17H,8H2,(H,18,19);4H,1-3H2. The van der Waals surface area contributed by atoms with Crippen molar-refractivity contribution in [2.45, 2.75) is 6.42 Å². The smallest absolute Gasteiger partial charge is 0.307 e. The van der Waals surface area contributed by atoms with E-state index in [1.807, 2.05) is 6.07 Å². The summed E-state index contributed by atoms with van der Waals surface area (Å²) in [7, 11) is 0. The van der Waals surface area contributed by atoms with Crippen LogP contribution in [0.1, 0.15) is 5.56 Å². The van der Waals surface area contributed by atoms with E-state index in [0.29, 0.717) is 33.5 Å². The zero-order valence-corrected chi connectivity index (χ0v) is 13.8. The van der Waals surface area contributed by atoms with E-state index in [1.54, 1.807) is 36.4 Å². The second-order valence-corrected chi connectivity index (χ2v) is 5.28. The Hall–Kier alpha value is -1.79. The van der Waals surface area contributed by atoms with Crippen LogP contribution in [-0.4, -0.2) is 29.3 Å². The van der Waals surface area contributed by atoms with Gasteiger partial charge in [0.25, 0.3) is 0 Å². The number of aliphatic carboxylic acids is 1. The molecule has 0 saturated heterocycles. The van der Waals surface area contributed by atoms with Crippen LogP contribution in [0, 0.1) is 0 Å². The molecule has 0 saturated carbocycles. The van der Waals surface area contributed by atoms with Crippen molar-refractivity contribution in [1.82, 2.24) is 0 Å². The highest BCUT2D eigenvalue weighted by Crippen LogP contribution is 2.33. The molecule has 0 bridgehead atoms. The molecule has 124 valence electrons. The van der Waals surface area contributed by atoms with Gasteiger partial charge in [0.05, 0.1) is 28.8 Å². The number of para-hydroxylation sites is 2. The minimum atomic E-state index is -0.889. The maximum absolute atomic E-state index is 10.8. The number of benzene rings is 2. The Kier molecular flexibility index (Phi) is 8.43. The van der Waals surface area contributed by atoms with Gasteiger partial charge < -0.3 is 21.3 Å². The molecule has 0 spiro atoms. The summed E-state index contributed by atoms with van der Waals surface area (Å²) < 4.78 is 0. The molecule has 7 heteroatoms. The maximum atomic E-state index is 10.8. The van der Waals surface area contributed by atoms with Gasteiger partial charge in [-0.25, -0.2) is 0 Å². The predicted molar refractivity (Wildman–Crippen MR) is 93.7 cm³/mol. The third-order valence-electron chi connectivity index (χ3n) is 2.71. The van der Waals surface area contributed by atoms with Crippen LogP contribution in [0.3, 0.4) is 0 Å². The van der Waals surface area contributed by atoms with Crippen molar-refractivity contribution in [3.05, 3.63) is 58.1 Å². The topological polar surface area (TPSA) is 95.6 Å². The van der Waals surface area contributed by atoms with Gasteiger partial charge in [0.1, 0.15) is 0 Å². The Bertz CT molecular complexity index is 629. The van der Waals surface area contributed by atoms with Crippen molar-refractivity contribution in [3.8, 4) is 0 Å². The normalized spacial score (nSPS) is 9.74. The first-order chi connectivity index (χ1) is 11.0. The van der Waals surface area contributed by atoms with Crippen LogP contribution in [0.25, 0.3) is 0 Å². The number of carboxylic acids is 1. The SMILES string of the molecule is NCCO.O=C(O)Cc1ccccc1Nc1c(Cl)cccc1Cl. The zero-order valence-electron chi connectivity index (χ0n) is 12.3. The molecule has 2 aromatic carbocycles. The van der Waals surface area contributed by atoms with E-state index >= 15 is 0 Å². The lowest BCUT2D eigenvalue weighted by atomic mass is 10.1. The van der Waals surface area contributed by atoms with Crippen molar-refractivity contribution in [2.24, 2.45) is 5.73 Å². The van der Waals surface area contributed by atoms with E-state index in [2.05, 4.69) is 5.32 Å². The molecule has 0 aliphatic heterocycles. The highest BCUT2D eigenvalue weighted by molar-refractivity contribution is 6.39. The third kappa shape index (κ3) is 6.46. The number of nitrogens with two attached hydrogens (primary N) is 1. The summed E-state index contributed by atoms with van der Waals surface area (Å²) in [6.45, 7) is 0.472. The van der Waals surface area contributed by atoms with E-state index in [-0.39, 0.29) is 13.0 Å². The summed E-state index contributed by atoms with van der Waals surface area (Å²) in [4.78, 5) is 10.8. The highest BCUT2D eigenvalue weighted by Gasteiger charge is 2.10. The number of aliphatic hydroxyl groups excluding tert-OH is 1. The van der Waals surface area contributed by atoms with Gasteiger partial charge in [-0.05, 0) is 23.8 Å². The fraction of sp³-hybridized carbons (Fsp3) is 0.188. The number of anilines is 2. The van der Waals surface area contributed by atoms with E-state index in [1.165, 1.54) is 0 Å². The van der Waals surface area contributed by atoms with Gasteiger partial charge in [-0.2, -0.15) is 0 Å². The molecule has 0 aromatic heterocycles. The number of carboxylic acid groups (broad SMARTS) is 1. The lowest BCUT2D eigenvalue weighted by molar-refractivity contribution is -0.136. The highest BCUT2D eigenvalue weighted by atomic mass is 35.5. The fourth-order valence-corrected chi connectivity index (χ4v) is 2.20. The van der Waals surface area contributed by atoms with Crippen LogP contribution >= 0.6 is 23.2 Å². The van der Waals surface area contributed by atoms with Gasteiger partial charge in [0.2, 0.25) is 0 Å². The fourth-order valence-electron chi connectivity index (χ4n) is 1.71. The lowest BCUT2D eigenvalue weighted by Gasteiger charge is -2.13. The number of hydrogen-bond acceptors (Lipinski definition) is 4. The average molecular weight is 357 g/mol. The summed E-state index contributed by atoms with van der Waals surface area (Å²) in [5.41, 5.74) is 6.70. The van der Waals surface area contributed by atoms with Crippen molar-refractivity contribution in [2.75, 3.05) is 18.5 Å². The van der Waals surface area contributed by atoms with Crippen LogP contribution in [0.5, 0.6) is 0 Å². The number of aliphatic hydroxyl groups is 1. The Morgan fingerprint density at radius 3 is 2.17 bits per heavy atom. The van der Waals surface area contributed by atoms with Crippen LogP contribution in [0.4, 0.5) is 11.4 Å². The van der Waals surface area contributed by atoms with Crippen molar-refractivity contribution < 1.29 is 15.0 Å². The minimum absolute atomic E-state index is 0.0642. The molecule has 0 amide bonds. The van der Waals surface area contributed by atoms with Gasteiger partial charge in [-0.1, -0.05) is 47.5 Å². The second kappa shape index (κ2) is 10.1. The summed E-state index contributed by atoms with van der Waals surface area (Å²) in [6.07, 6.45) is -0.0642. The Balaban J connectivity index is 0.000000593. The number of nitrogens with one attached hydrogen (secondary N) is 1. The summed E-state index contributed by atoms with van der Waals surface area (Å²) in [6, 6.07) is 12.3. The van der Waals surface area contributed by atoms with Gasteiger partial charge in [-0.3, -0.25) is 4.79 Å². The van der Waals surface area contributed by atoms with Crippen molar-refractivity contribution >= 4 is 40.5 Å². The molecular weight excluding hydrogens is 339 g/mol. The molecule has 0 unspecified atom stereocenters. The number of carbonyl (C=O) groups is 1. The minimum Gasteiger partial charge on any atom is -0.481 e. The molecule has 0 aliphatic carbocycles. The van der Waals surface area contributed by atoms with Crippen LogP contribution in [-0.2, 0) is 11.2 Å². The van der Waals surface area contributed by atoms with Crippen LogP contribution in [0.2, 0.25) is 10.0 Å². The molecule has 5 N–H and O–H groups in total. The summed E-state index contributed by atoms with van der Waals surface area (Å²) in [5, 5.41) is 20.7. The molecule has 23 heavy (non-hydrogen) atoms. The monoisotopic (exact) mass is 356 g/mol. The van der Waals surface area contributed by atoms with E-state index < -0.39 is 5.97 Å². The molecule has 0 heterocycles. The quantitative estimate of drug-likeness (QED) is 0.659. The van der Waals surface area contributed by atoms with Crippen LogP contribution < -0.4 is 11.1 Å². The number of halogens is 2. The number of hydrogen-bond donors (Lipinski definition) is 4. The van der Waals surface area contributed by atoms with E-state index in [9.17, 15) is 4.79 Å². The number of rotatable bonds is 5. The molecule has 0 atom stereocenters. The Morgan fingerprint density at radius 1 is 1.09 bits per heavy atom. The van der Waals surface area contributed by atoms with Crippen LogP contribution in [0.15, 0.2) is 42.5 Å². The van der Waals surface area contributed by atoms with Crippen molar-refractivity contribution in [1.29, 1.82) is 0 Å². The molecule has 0 radical (unpaired) electrons. The van der Waals surface area contributed by atoms with Crippen molar-refractivity contribution in [3.63, 3.8) is 0 Å². The van der Waals surface area contributed by atoms with Gasteiger partial charge in [0, 0.05) is 12.2 Å². The first-order valence-electron chi connectivity index (χ1n) is 6.81. The Labute approximate surface area is 144 Å². The first-order valence-corrected chi connectivity index (χ1v) is 7.56. The molecule has 5 nitrogen and oxygen atoms in total.